The van der Waals surface area contributed by atoms with Gasteiger partial charge in [-0.1, -0.05) is 12.1 Å². The number of carbonyl (C=O) groups excluding carboxylic acids is 2. The molecule has 1 N–H and O–H groups in total. The Morgan fingerprint density at radius 2 is 2.04 bits per heavy atom. The number of oxazole rings is 1. The molecule has 2 heterocycles. The van der Waals surface area contributed by atoms with Crippen molar-refractivity contribution in [2.75, 3.05) is 11.9 Å². The molecular weight excluding hydrogens is 330 g/mol. The zero-order chi connectivity index (χ0) is 18.1. The lowest BCUT2D eigenvalue weighted by Gasteiger charge is -2.15. The van der Waals surface area contributed by atoms with Crippen LogP contribution in [-0.2, 0) is 11.3 Å². The summed E-state index contributed by atoms with van der Waals surface area (Å²) in [6.45, 7) is 3.20. The van der Waals surface area contributed by atoms with Crippen LogP contribution in [0.25, 0.3) is 11.1 Å². The number of nitrogens with zero attached hydrogens (tertiary/aromatic N) is 2. The van der Waals surface area contributed by atoms with Crippen molar-refractivity contribution in [3.63, 3.8) is 0 Å². The van der Waals surface area contributed by atoms with Crippen LogP contribution in [0.2, 0.25) is 0 Å². The van der Waals surface area contributed by atoms with Crippen molar-refractivity contribution >= 4 is 28.6 Å². The van der Waals surface area contributed by atoms with Crippen molar-refractivity contribution in [1.82, 2.24) is 9.88 Å². The van der Waals surface area contributed by atoms with Gasteiger partial charge in [0.25, 0.3) is 5.91 Å². The van der Waals surface area contributed by atoms with E-state index in [1.165, 1.54) is 0 Å². The summed E-state index contributed by atoms with van der Waals surface area (Å²) in [5.41, 5.74) is 3.67. The lowest BCUT2D eigenvalue weighted by Crippen LogP contribution is -2.23. The van der Waals surface area contributed by atoms with Crippen molar-refractivity contribution in [2.24, 2.45) is 0 Å². The minimum absolute atomic E-state index is 0.187. The van der Waals surface area contributed by atoms with E-state index in [2.05, 4.69) is 10.3 Å². The number of amides is 2. The number of fused-ring (bicyclic) bond motifs is 1. The number of nitrogens with one attached hydrogen (secondary N) is 1. The smallest absolute Gasteiger partial charge is 0.255 e. The second-order valence-corrected chi connectivity index (χ2v) is 6.49. The minimum Gasteiger partial charge on any atom is -0.441 e. The maximum absolute atomic E-state index is 12.4. The van der Waals surface area contributed by atoms with Gasteiger partial charge < -0.3 is 14.6 Å². The van der Waals surface area contributed by atoms with Crippen molar-refractivity contribution < 1.29 is 14.0 Å². The molecule has 4 rings (SSSR count). The van der Waals surface area contributed by atoms with Gasteiger partial charge in [0.2, 0.25) is 5.91 Å². The van der Waals surface area contributed by atoms with E-state index < -0.39 is 0 Å². The molecule has 132 valence electrons. The van der Waals surface area contributed by atoms with Crippen molar-refractivity contribution in [1.29, 1.82) is 0 Å². The quantitative estimate of drug-likeness (QED) is 0.782. The predicted octanol–water partition coefficient (Wildman–Crippen LogP) is 3.51. The van der Waals surface area contributed by atoms with Gasteiger partial charge in [-0.15, -0.1) is 0 Å². The average Bonchev–Trinajstić information content (AvgIpc) is 3.19. The Kier molecular flexibility index (Phi) is 4.16. The maximum Gasteiger partial charge on any atom is 0.255 e. The Bertz CT molecular complexity index is 976. The van der Waals surface area contributed by atoms with Gasteiger partial charge in [0, 0.05) is 37.7 Å². The molecule has 6 nitrogen and oxygen atoms in total. The third-order valence-electron chi connectivity index (χ3n) is 4.51. The number of aromatic nitrogens is 1. The van der Waals surface area contributed by atoms with Crippen molar-refractivity contribution in [3.8, 4) is 0 Å². The van der Waals surface area contributed by atoms with Crippen LogP contribution in [-0.4, -0.2) is 28.2 Å². The van der Waals surface area contributed by atoms with Crippen LogP contribution >= 0.6 is 0 Å². The molecule has 3 aromatic rings. The standard InChI is InChI=1S/C20H19N3O3/c1-13-21-17-11-16(8-9-18(17)26-13)22-20(25)15-6-4-14(5-7-15)12-23-10-2-3-19(23)24/h4-9,11H,2-3,10,12H2,1H3,(H,22,25). The van der Waals surface area contributed by atoms with Gasteiger partial charge in [-0.2, -0.15) is 0 Å². The zero-order valence-corrected chi connectivity index (χ0v) is 14.5. The summed E-state index contributed by atoms with van der Waals surface area (Å²) in [6.07, 6.45) is 1.56. The number of anilines is 1. The van der Waals surface area contributed by atoms with Gasteiger partial charge in [-0.3, -0.25) is 9.59 Å². The van der Waals surface area contributed by atoms with E-state index in [1.807, 2.05) is 17.0 Å². The highest BCUT2D eigenvalue weighted by Gasteiger charge is 2.20. The van der Waals surface area contributed by atoms with E-state index >= 15 is 0 Å². The van der Waals surface area contributed by atoms with Gasteiger partial charge in [-0.25, -0.2) is 4.98 Å². The van der Waals surface area contributed by atoms with E-state index in [-0.39, 0.29) is 11.8 Å². The molecule has 1 fully saturated rings. The zero-order valence-electron chi connectivity index (χ0n) is 14.5. The molecule has 0 aliphatic carbocycles. The van der Waals surface area contributed by atoms with Crippen LogP contribution in [0.3, 0.4) is 0 Å². The largest absolute Gasteiger partial charge is 0.441 e. The van der Waals surface area contributed by atoms with Gasteiger partial charge >= 0.3 is 0 Å². The number of likely N-dealkylation sites (tertiary alicyclic amines) is 1. The number of hydrogen-bond donors (Lipinski definition) is 1. The van der Waals surface area contributed by atoms with Gasteiger partial charge in [0.15, 0.2) is 11.5 Å². The van der Waals surface area contributed by atoms with Crippen LogP contribution in [0, 0.1) is 6.92 Å². The molecule has 0 saturated carbocycles. The first-order chi connectivity index (χ1) is 12.6. The number of benzene rings is 2. The molecule has 0 unspecified atom stereocenters. The first-order valence-corrected chi connectivity index (χ1v) is 8.64. The maximum atomic E-state index is 12.4. The lowest BCUT2D eigenvalue weighted by molar-refractivity contribution is -0.128. The summed E-state index contributed by atoms with van der Waals surface area (Å²) in [4.78, 5) is 30.3. The fourth-order valence-corrected chi connectivity index (χ4v) is 3.18. The summed E-state index contributed by atoms with van der Waals surface area (Å²) in [5.74, 6) is 0.606. The van der Waals surface area contributed by atoms with Crippen LogP contribution in [0.4, 0.5) is 5.69 Å². The molecular formula is C20H19N3O3. The Hall–Kier alpha value is -3.15. The first kappa shape index (κ1) is 16.3. The normalized spacial score (nSPS) is 14.2. The predicted molar refractivity (Wildman–Crippen MR) is 97.8 cm³/mol. The number of aryl methyl sites for hydroxylation is 1. The molecule has 0 bridgehead atoms. The fourth-order valence-electron chi connectivity index (χ4n) is 3.18. The Labute approximate surface area is 150 Å². The Morgan fingerprint density at radius 1 is 1.23 bits per heavy atom. The van der Waals surface area contributed by atoms with Gasteiger partial charge in [0.1, 0.15) is 5.52 Å². The molecule has 26 heavy (non-hydrogen) atoms. The summed E-state index contributed by atoms with van der Waals surface area (Å²) >= 11 is 0. The second kappa shape index (κ2) is 6.63. The molecule has 0 radical (unpaired) electrons. The molecule has 1 aromatic heterocycles. The van der Waals surface area contributed by atoms with E-state index in [1.54, 1.807) is 37.3 Å². The number of rotatable bonds is 4. The first-order valence-electron chi connectivity index (χ1n) is 8.64. The van der Waals surface area contributed by atoms with E-state index in [4.69, 9.17) is 4.42 Å². The molecule has 1 aliphatic heterocycles. The van der Waals surface area contributed by atoms with E-state index in [9.17, 15) is 9.59 Å². The van der Waals surface area contributed by atoms with E-state index in [0.29, 0.717) is 41.2 Å². The summed E-state index contributed by atoms with van der Waals surface area (Å²) in [5, 5.41) is 2.87. The highest BCUT2D eigenvalue weighted by molar-refractivity contribution is 6.04. The summed E-state index contributed by atoms with van der Waals surface area (Å²) in [7, 11) is 0. The Balaban J connectivity index is 1.44. The van der Waals surface area contributed by atoms with Crippen LogP contribution in [0.1, 0.15) is 34.7 Å². The summed E-state index contributed by atoms with van der Waals surface area (Å²) in [6, 6.07) is 12.7. The molecule has 6 heteroatoms. The molecule has 0 spiro atoms. The molecule has 1 saturated heterocycles. The monoisotopic (exact) mass is 349 g/mol. The summed E-state index contributed by atoms with van der Waals surface area (Å²) < 4.78 is 5.44. The van der Waals surface area contributed by atoms with Gasteiger partial charge in [0.05, 0.1) is 0 Å². The lowest BCUT2D eigenvalue weighted by atomic mass is 10.1. The SMILES string of the molecule is Cc1nc2cc(NC(=O)c3ccc(CN4CCCC4=O)cc3)ccc2o1. The van der Waals surface area contributed by atoms with Crippen LogP contribution in [0.5, 0.6) is 0 Å². The highest BCUT2D eigenvalue weighted by Crippen LogP contribution is 2.20. The fraction of sp³-hybridized carbons (Fsp3) is 0.250. The van der Waals surface area contributed by atoms with Gasteiger partial charge in [-0.05, 0) is 42.3 Å². The molecule has 2 aromatic carbocycles. The van der Waals surface area contributed by atoms with Crippen LogP contribution < -0.4 is 5.32 Å². The minimum atomic E-state index is -0.187. The Morgan fingerprint density at radius 3 is 2.77 bits per heavy atom. The number of hydrogen-bond acceptors (Lipinski definition) is 4. The third-order valence-corrected chi connectivity index (χ3v) is 4.51. The van der Waals surface area contributed by atoms with Crippen molar-refractivity contribution in [3.05, 3.63) is 59.5 Å². The van der Waals surface area contributed by atoms with Crippen molar-refractivity contribution in [2.45, 2.75) is 26.3 Å². The number of carbonyl (C=O) groups is 2. The molecule has 2 amide bonds. The molecule has 1 aliphatic rings. The average molecular weight is 349 g/mol. The second-order valence-electron chi connectivity index (χ2n) is 6.49. The van der Waals surface area contributed by atoms with E-state index in [0.717, 1.165) is 18.5 Å². The highest BCUT2D eigenvalue weighted by atomic mass is 16.3. The van der Waals surface area contributed by atoms with Crippen LogP contribution in [0.15, 0.2) is 46.9 Å². The molecule has 0 atom stereocenters. The topological polar surface area (TPSA) is 75.4 Å². The third kappa shape index (κ3) is 3.31.